The van der Waals surface area contributed by atoms with Crippen LogP contribution in [0.5, 0.6) is 0 Å². The van der Waals surface area contributed by atoms with Crippen molar-refractivity contribution < 1.29 is 4.42 Å². The highest BCUT2D eigenvalue weighted by Crippen LogP contribution is 2.67. The van der Waals surface area contributed by atoms with Crippen molar-refractivity contribution in [2.45, 2.75) is 0 Å². The van der Waals surface area contributed by atoms with Crippen LogP contribution >= 0.6 is 0 Å². The number of hydrogen-bond acceptors (Lipinski definition) is 7. The van der Waals surface area contributed by atoms with Crippen LogP contribution in [0.3, 0.4) is 0 Å². The summed E-state index contributed by atoms with van der Waals surface area (Å²) in [6, 6.07) is 104. The lowest BCUT2D eigenvalue weighted by atomic mass is 9.34. The molecule has 7 nitrogen and oxygen atoms in total. The lowest BCUT2D eigenvalue weighted by Crippen LogP contribution is -2.62. The molecule has 9 heteroatoms. The maximum absolute atomic E-state index is 8.37. The maximum atomic E-state index is 8.37. The molecule has 8 heterocycles. The molecule has 0 spiro atoms. The fraction of sp³-hybridized carbons (Fsp3) is 0. The Kier molecular flexibility index (Phi) is 8.83. The molecule has 1 aromatic heterocycles. The molecule has 0 fully saturated rings. The molecule has 0 unspecified atom stereocenters. The van der Waals surface area contributed by atoms with E-state index in [1.165, 1.54) is 43.4 Å². The average molecular weight is 1100 g/mol. The van der Waals surface area contributed by atoms with Crippen LogP contribution in [0.1, 0.15) is 0 Å². The van der Waals surface area contributed by atoms with Crippen LogP contribution in [0.4, 0.5) is 102 Å². The zero-order valence-electron chi connectivity index (χ0n) is 46.8. The van der Waals surface area contributed by atoms with Gasteiger partial charge in [0.25, 0.3) is 13.4 Å². The second kappa shape index (κ2) is 16.7. The Hall–Kier alpha value is -11.4. The van der Waals surface area contributed by atoms with Gasteiger partial charge in [-0.2, -0.15) is 0 Å². The largest absolute Gasteiger partial charge is 0.480 e. The molecule has 0 bridgehead atoms. The van der Waals surface area contributed by atoms with Gasteiger partial charge in [-0.15, -0.1) is 0 Å². The minimum atomic E-state index is -0.298. The molecule has 14 aromatic rings. The quantitative estimate of drug-likeness (QED) is 0.128. The SMILES string of the molecule is c1ccc(-c2cc3c4c5c2N(c2ccccc2)c2ccccc2N5c2ccccc2B4c2oc4c5c2N3c2c(c3ccccc3c3ccccc23)N5c2cc(-c3ccccc3)c3c5c2B4c2ccccc2N5c2ccccc2N3c2ccccc2)cc1. The minimum Gasteiger partial charge on any atom is -0.480 e. The van der Waals surface area contributed by atoms with Crippen LogP contribution in [-0.2, 0) is 0 Å². The van der Waals surface area contributed by atoms with Crippen LogP contribution in [0, 0.1) is 0 Å². The summed E-state index contributed by atoms with van der Waals surface area (Å²) in [7, 11) is 0. The molecule has 0 saturated heterocycles. The van der Waals surface area contributed by atoms with Gasteiger partial charge in [0.05, 0.1) is 68.2 Å². The van der Waals surface area contributed by atoms with Gasteiger partial charge in [0, 0.05) is 56.0 Å². The summed E-state index contributed by atoms with van der Waals surface area (Å²) in [5.41, 5.74) is 31.7. The predicted molar refractivity (Wildman–Crippen MR) is 363 cm³/mol. The topological polar surface area (TPSA) is 32.6 Å². The van der Waals surface area contributed by atoms with Crippen molar-refractivity contribution >= 4 is 171 Å². The first-order valence-corrected chi connectivity index (χ1v) is 30.2. The zero-order valence-corrected chi connectivity index (χ0v) is 46.8. The number of rotatable bonds is 4. The van der Waals surface area contributed by atoms with E-state index < -0.39 is 0 Å². The van der Waals surface area contributed by atoms with Gasteiger partial charge in [0.1, 0.15) is 11.4 Å². The van der Waals surface area contributed by atoms with Gasteiger partial charge in [0.15, 0.2) is 0 Å². The Balaban J connectivity index is 0.966. The fourth-order valence-corrected chi connectivity index (χ4v) is 16.5. The van der Waals surface area contributed by atoms with Gasteiger partial charge in [-0.1, -0.05) is 206 Å². The summed E-state index contributed by atoms with van der Waals surface area (Å²) in [6.45, 7) is -0.595. The summed E-state index contributed by atoms with van der Waals surface area (Å²) in [4.78, 5) is 15.6. The van der Waals surface area contributed by atoms with Crippen molar-refractivity contribution in [2.75, 3.05) is 29.4 Å². The van der Waals surface area contributed by atoms with E-state index in [4.69, 9.17) is 4.42 Å². The van der Waals surface area contributed by atoms with Crippen molar-refractivity contribution in [3.8, 4) is 22.3 Å². The van der Waals surface area contributed by atoms with Gasteiger partial charge in [-0.3, -0.25) is 0 Å². The van der Waals surface area contributed by atoms with E-state index in [1.807, 2.05) is 0 Å². The van der Waals surface area contributed by atoms with Gasteiger partial charge in [0.2, 0.25) is 0 Å². The molecule has 7 aliphatic rings. The van der Waals surface area contributed by atoms with Crippen molar-refractivity contribution in [3.05, 3.63) is 279 Å². The summed E-state index contributed by atoms with van der Waals surface area (Å²) >= 11 is 0. The Morgan fingerprint density at radius 3 is 0.954 bits per heavy atom. The van der Waals surface area contributed by atoms with E-state index in [2.05, 4.69) is 308 Å². The van der Waals surface area contributed by atoms with Crippen molar-refractivity contribution in [1.82, 2.24) is 0 Å². The van der Waals surface area contributed by atoms with E-state index in [0.717, 1.165) is 136 Å². The molecule has 0 N–H and O–H groups in total. The van der Waals surface area contributed by atoms with Crippen LogP contribution in [-0.4, -0.2) is 13.4 Å². The van der Waals surface area contributed by atoms with E-state index in [0.29, 0.717) is 0 Å². The number of benzene rings is 13. The second-order valence-electron chi connectivity index (χ2n) is 23.8. The average Bonchev–Trinajstić information content (AvgIpc) is 1.65. The Morgan fingerprint density at radius 2 is 0.552 bits per heavy atom. The molecule has 0 aliphatic carbocycles. The Morgan fingerprint density at radius 1 is 0.230 bits per heavy atom. The molecule has 7 aliphatic heterocycles. The second-order valence-corrected chi connectivity index (χ2v) is 23.8. The van der Waals surface area contributed by atoms with Gasteiger partial charge in [-0.25, -0.2) is 0 Å². The summed E-state index contributed by atoms with van der Waals surface area (Å²) < 4.78 is 8.37. The number of anilines is 18. The molecule has 0 amide bonds. The van der Waals surface area contributed by atoms with Crippen molar-refractivity contribution in [3.63, 3.8) is 0 Å². The van der Waals surface area contributed by atoms with E-state index in [9.17, 15) is 0 Å². The zero-order chi connectivity index (χ0) is 56.3. The molecule has 400 valence electrons. The molecular formula is C78H46B2N6O. The Labute approximate surface area is 502 Å². The first-order valence-electron chi connectivity index (χ1n) is 30.2. The lowest BCUT2D eigenvalue weighted by Gasteiger charge is -2.52. The summed E-state index contributed by atoms with van der Waals surface area (Å²) in [6.07, 6.45) is 0. The van der Waals surface area contributed by atoms with Crippen LogP contribution < -0.4 is 62.6 Å². The van der Waals surface area contributed by atoms with E-state index in [1.54, 1.807) is 0 Å². The van der Waals surface area contributed by atoms with Crippen LogP contribution in [0.2, 0.25) is 0 Å². The number of para-hydroxylation sites is 8. The Bertz CT molecular complexity index is 5030. The molecule has 0 saturated carbocycles. The monoisotopic (exact) mass is 1100 g/mol. The standard InChI is InChI=1S/C78H46B2N6O/c1-5-25-47(26-6-1)55-45-65-67-73-71(55)81(49-29-9-3-10-30-49)61-41-21-23-43-63(61)83(73)59-39-19-17-37-57(59)79(67)77-75-76-78(87-77)80-58-38-18-20-40-60(58)84-64-44-24-22-42-62(64)82(50-31-11-4-12-32-50)72-56(48-27-7-2-8-28-48)46-66(68(80)74(72)84)86(76)70-54-36-16-14-34-52(54)51-33-13-15-35-53(51)69(70)85(65)75/h1-46H. The predicted octanol–water partition coefficient (Wildman–Crippen LogP) is 17.0. The lowest BCUT2D eigenvalue weighted by molar-refractivity contribution is 0.634. The normalized spacial score (nSPS) is 14.3. The summed E-state index contributed by atoms with van der Waals surface area (Å²) in [5.74, 6) is 0. The van der Waals surface area contributed by atoms with E-state index >= 15 is 0 Å². The van der Waals surface area contributed by atoms with Crippen LogP contribution in [0.25, 0.3) is 43.8 Å². The first-order chi connectivity index (χ1) is 43.3. The van der Waals surface area contributed by atoms with Crippen molar-refractivity contribution in [2.24, 2.45) is 0 Å². The van der Waals surface area contributed by atoms with Gasteiger partial charge >= 0.3 is 0 Å². The molecule has 0 atom stereocenters. The summed E-state index contributed by atoms with van der Waals surface area (Å²) in [5, 5.41) is 4.76. The third kappa shape index (κ3) is 5.70. The third-order valence-electron chi connectivity index (χ3n) is 19.6. The minimum absolute atomic E-state index is 0.298. The third-order valence-corrected chi connectivity index (χ3v) is 19.6. The molecule has 0 radical (unpaired) electrons. The number of fused-ring (bicyclic) bond motifs is 22. The van der Waals surface area contributed by atoms with Gasteiger partial charge < -0.3 is 33.8 Å². The van der Waals surface area contributed by atoms with Crippen molar-refractivity contribution in [1.29, 1.82) is 0 Å². The van der Waals surface area contributed by atoms with Crippen LogP contribution in [0.15, 0.2) is 283 Å². The molecular weight excluding hydrogens is 1060 g/mol. The fourth-order valence-electron chi connectivity index (χ4n) is 16.5. The highest BCUT2D eigenvalue weighted by molar-refractivity contribution is 7.03. The number of furan rings is 1. The molecule has 87 heavy (non-hydrogen) atoms. The number of nitrogens with zero attached hydrogens (tertiary/aromatic N) is 6. The van der Waals surface area contributed by atoms with Gasteiger partial charge in [-0.05, 0) is 117 Å². The first kappa shape index (κ1) is 46.0. The molecule has 21 rings (SSSR count). The molecule has 13 aromatic carbocycles. The smallest absolute Gasteiger partial charge is 0.297 e. The highest BCUT2D eigenvalue weighted by atomic mass is 16.3. The highest BCUT2D eigenvalue weighted by Gasteiger charge is 2.58. The van der Waals surface area contributed by atoms with E-state index in [-0.39, 0.29) is 13.4 Å². The maximum Gasteiger partial charge on any atom is 0.297 e. The number of hydrogen-bond donors (Lipinski definition) is 0.